The zero-order valence-electron chi connectivity index (χ0n) is 19.9. The molecule has 1 N–H and O–H groups in total. The molecule has 34 heavy (non-hydrogen) atoms. The molecule has 2 amide bonds. The number of rotatable bonds is 7. The Bertz CT molecular complexity index is 921. The SMILES string of the molecule is O=C(C1CC(N(Cc2cccs2)CC2CCCCC2)CN1C(=O)c1cccs1)N1CCNCC1. The predicted molar refractivity (Wildman–Crippen MR) is 138 cm³/mol. The molecule has 4 heterocycles. The maximum Gasteiger partial charge on any atom is 0.264 e. The summed E-state index contributed by atoms with van der Waals surface area (Å²) in [6.45, 7) is 5.72. The van der Waals surface area contributed by atoms with E-state index < -0.39 is 0 Å². The molecule has 2 aliphatic heterocycles. The number of piperazine rings is 1. The van der Waals surface area contributed by atoms with Gasteiger partial charge >= 0.3 is 0 Å². The van der Waals surface area contributed by atoms with Crippen molar-refractivity contribution in [3.05, 3.63) is 44.8 Å². The summed E-state index contributed by atoms with van der Waals surface area (Å²) in [4.78, 5) is 35.7. The van der Waals surface area contributed by atoms with Gasteiger partial charge in [-0.05, 0) is 48.1 Å². The van der Waals surface area contributed by atoms with Crippen molar-refractivity contribution in [2.24, 2.45) is 5.92 Å². The molecule has 6 nitrogen and oxygen atoms in total. The number of nitrogens with one attached hydrogen (secondary N) is 1. The number of hydrogen-bond acceptors (Lipinski definition) is 6. The third-order valence-electron chi connectivity index (χ3n) is 7.66. The topological polar surface area (TPSA) is 55.9 Å². The molecule has 2 unspecified atom stereocenters. The number of nitrogens with zero attached hydrogens (tertiary/aromatic N) is 3. The van der Waals surface area contributed by atoms with Crippen molar-refractivity contribution in [1.29, 1.82) is 0 Å². The van der Waals surface area contributed by atoms with Crippen molar-refractivity contribution < 1.29 is 9.59 Å². The van der Waals surface area contributed by atoms with Gasteiger partial charge in [0.15, 0.2) is 0 Å². The Kier molecular flexibility index (Phi) is 7.99. The minimum absolute atomic E-state index is 0.0136. The second kappa shape index (κ2) is 11.3. The van der Waals surface area contributed by atoms with Gasteiger partial charge in [-0.25, -0.2) is 0 Å². The summed E-state index contributed by atoms with van der Waals surface area (Å²) in [7, 11) is 0. The van der Waals surface area contributed by atoms with Crippen LogP contribution in [0.15, 0.2) is 35.0 Å². The molecule has 3 aliphatic rings. The normalized spacial score (nSPS) is 24.1. The molecule has 8 heteroatoms. The summed E-state index contributed by atoms with van der Waals surface area (Å²) in [6, 6.07) is 7.99. The van der Waals surface area contributed by atoms with Crippen LogP contribution in [-0.4, -0.2) is 77.9 Å². The van der Waals surface area contributed by atoms with Crippen LogP contribution in [0.5, 0.6) is 0 Å². The van der Waals surface area contributed by atoms with Gasteiger partial charge in [-0.15, -0.1) is 22.7 Å². The van der Waals surface area contributed by atoms with E-state index >= 15 is 0 Å². The van der Waals surface area contributed by atoms with Crippen LogP contribution in [0.1, 0.15) is 53.1 Å². The third kappa shape index (κ3) is 5.56. The smallest absolute Gasteiger partial charge is 0.264 e. The Balaban J connectivity index is 1.37. The Morgan fingerprint density at radius 3 is 2.50 bits per heavy atom. The van der Waals surface area contributed by atoms with Crippen LogP contribution in [0.2, 0.25) is 0 Å². The monoisotopic (exact) mass is 500 g/mol. The van der Waals surface area contributed by atoms with Gasteiger partial charge in [-0.1, -0.05) is 31.4 Å². The summed E-state index contributed by atoms with van der Waals surface area (Å²) in [5, 5.41) is 7.42. The van der Waals surface area contributed by atoms with Crippen molar-refractivity contribution in [2.45, 2.75) is 57.2 Å². The zero-order valence-corrected chi connectivity index (χ0v) is 21.5. The summed E-state index contributed by atoms with van der Waals surface area (Å²) < 4.78 is 0. The van der Waals surface area contributed by atoms with Crippen molar-refractivity contribution in [3.8, 4) is 0 Å². The van der Waals surface area contributed by atoms with Crippen LogP contribution in [-0.2, 0) is 11.3 Å². The van der Waals surface area contributed by atoms with Crippen molar-refractivity contribution in [1.82, 2.24) is 20.0 Å². The van der Waals surface area contributed by atoms with Crippen LogP contribution >= 0.6 is 22.7 Å². The molecule has 2 saturated heterocycles. The van der Waals surface area contributed by atoms with Gasteiger partial charge in [0.1, 0.15) is 6.04 Å². The number of hydrogen-bond donors (Lipinski definition) is 1. The molecule has 0 bridgehead atoms. The highest BCUT2D eigenvalue weighted by Crippen LogP contribution is 2.32. The van der Waals surface area contributed by atoms with Crippen molar-refractivity contribution in [2.75, 3.05) is 39.3 Å². The summed E-state index contributed by atoms with van der Waals surface area (Å²) in [6.07, 6.45) is 7.35. The molecule has 2 aromatic heterocycles. The first kappa shape index (κ1) is 24.0. The van der Waals surface area contributed by atoms with Gasteiger partial charge in [-0.3, -0.25) is 14.5 Å². The zero-order chi connectivity index (χ0) is 23.3. The molecule has 1 aliphatic carbocycles. The molecule has 3 fully saturated rings. The first-order valence-electron chi connectivity index (χ1n) is 12.8. The van der Waals surface area contributed by atoms with E-state index in [0.717, 1.165) is 56.5 Å². The van der Waals surface area contributed by atoms with Crippen LogP contribution in [0.3, 0.4) is 0 Å². The number of carbonyl (C=O) groups is 2. The molecular formula is C26H36N4O2S2. The fourth-order valence-corrected chi connectivity index (χ4v) is 7.23. The van der Waals surface area contributed by atoms with E-state index in [0.29, 0.717) is 6.54 Å². The molecule has 0 aromatic carbocycles. The third-order valence-corrected chi connectivity index (χ3v) is 9.38. The molecular weight excluding hydrogens is 464 g/mol. The molecule has 184 valence electrons. The first-order chi connectivity index (χ1) is 16.7. The van der Waals surface area contributed by atoms with E-state index in [1.807, 2.05) is 27.3 Å². The lowest BCUT2D eigenvalue weighted by Gasteiger charge is -2.33. The van der Waals surface area contributed by atoms with Crippen molar-refractivity contribution in [3.63, 3.8) is 0 Å². The molecule has 2 atom stereocenters. The fraction of sp³-hybridized carbons (Fsp3) is 0.615. The maximum atomic E-state index is 13.7. The van der Waals surface area contributed by atoms with E-state index in [4.69, 9.17) is 0 Å². The standard InChI is InChI=1S/C26H36N4O2S2/c31-25(28-12-10-27-11-13-28)23-16-21(18-30(23)26(32)24-9-5-15-34-24)29(19-22-8-4-14-33-22)17-20-6-2-1-3-7-20/h4-5,8-9,14-15,20-21,23,27H,1-3,6-7,10-13,16-19H2. The Hall–Kier alpha value is -1.74. The van der Waals surface area contributed by atoms with E-state index in [1.54, 1.807) is 11.3 Å². The quantitative estimate of drug-likeness (QED) is 0.626. The number of thiophene rings is 2. The predicted octanol–water partition coefficient (Wildman–Crippen LogP) is 3.91. The molecule has 0 radical (unpaired) electrons. The van der Waals surface area contributed by atoms with Gasteiger partial charge in [0.25, 0.3) is 5.91 Å². The Morgan fingerprint density at radius 1 is 1.03 bits per heavy atom. The first-order valence-corrected chi connectivity index (χ1v) is 14.6. The highest BCUT2D eigenvalue weighted by Gasteiger charge is 2.44. The van der Waals surface area contributed by atoms with Crippen LogP contribution in [0.4, 0.5) is 0 Å². The summed E-state index contributed by atoms with van der Waals surface area (Å²) >= 11 is 3.28. The maximum absolute atomic E-state index is 13.7. The second-order valence-electron chi connectivity index (χ2n) is 9.93. The van der Waals surface area contributed by atoms with Crippen LogP contribution in [0.25, 0.3) is 0 Å². The second-order valence-corrected chi connectivity index (χ2v) is 11.9. The Morgan fingerprint density at radius 2 is 1.79 bits per heavy atom. The fourth-order valence-electron chi connectivity index (χ4n) is 5.82. The highest BCUT2D eigenvalue weighted by atomic mass is 32.1. The van der Waals surface area contributed by atoms with Gasteiger partial charge in [0.2, 0.25) is 5.91 Å². The van der Waals surface area contributed by atoms with E-state index in [1.165, 1.54) is 48.3 Å². The van der Waals surface area contributed by atoms with Gasteiger partial charge < -0.3 is 15.1 Å². The number of carbonyl (C=O) groups excluding carboxylic acids is 2. The molecule has 1 saturated carbocycles. The van der Waals surface area contributed by atoms with E-state index in [9.17, 15) is 9.59 Å². The molecule has 2 aromatic rings. The minimum atomic E-state index is -0.366. The van der Waals surface area contributed by atoms with Gasteiger partial charge in [0, 0.05) is 56.7 Å². The van der Waals surface area contributed by atoms with Crippen LogP contribution in [0, 0.1) is 5.92 Å². The minimum Gasteiger partial charge on any atom is -0.338 e. The highest BCUT2D eigenvalue weighted by molar-refractivity contribution is 7.12. The number of amides is 2. The Labute approximate surface area is 210 Å². The van der Waals surface area contributed by atoms with E-state index in [2.05, 4.69) is 27.7 Å². The molecule has 5 rings (SSSR count). The lowest BCUT2D eigenvalue weighted by Crippen LogP contribution is -2.53. The average Bonchev–Trinajstić information content (AvgIpc) is 3.66. The van der Waals surface area contributed by atoms with Crippen LogP contribution < -0.4 is 5.32 Å². The number of likely N-dealkylation sites (tertiary alicyclic amines) is 1. The summed E-state index contributed by atoms with van der Waals surface area (Å²) in [5.41, 5.74) is 0. The average molecular weight is 501 g/mol. The lowest BCUT2D eigenvalue weighted by molar-refractivity contribution is -0.135. The largest absolute Gasteiger partial charge is 0.338 e. The van der Waals surface area contributed by atoms with Gasteiger partial charge in [0.05, 0.1) is 4.88 Å². The lowest BCUT2D eigenvalue weighted by atomic mass is 9.88. The summed E-state index contributed by atoms with van der Waals surface area (Å²) in [5.74, 6) is 0.862. The molecule has 0 spiro atoms. The van der Waals surface area contributed by atoms with E-state index in [-0.39, 0.29) is 23.9 Å². The van der Waals surface area contributed by atoms with Gasteiger partial charge in [-0.2, -0.15) is 0 Å². The van der Waals surface area contributed by atoms with Crippen molar-refractivity contribution >= 4 is 34.5 Å².